The molecule has 142 valence electrons. The van der Waals surface area contributed by atoms with Crippen molar-refractivity contribution >= 4 is 34.0 Å². The van der Waals surface area contributed by atoms with E-state index in [-0.39, 0.29) is 11.8 Å². The van der Waals surface area contributed by atoms with Crippen LogP contribution in [0.2, 0.25) is 0 Å². The predicted octanol–water partition coefficient (Wildman–Crippen LogP) is 5.18. The van der Waals surface area contributed by atoms with Crippen LogP contribution in [0.4, 0.5) is 5.82 Å². The lowest BCUT2D eigenvalue weighted by molar-refractivity contribution is -0.119. The predicted molar refractivity (Wildman–Crippen MR) is 110 cm³/mol. The van der Waals surface area contributed by atoms with Crippen LogP contribution >= 0.6 is 11.3 Å². The second-order valence-corrected chi connectivity index (χ2v) is 8.05. The van der Waals surface area contributed by atoms with E-state index in [0.717, 1.165) is 53.8 Å². The summed E-state index contributed by atoms with van der Waals surface area (Å²) in [5.41, 5.74) is 2.44. The van der Waals surface area contributed by atoms with Gasteiger partial charge in [0.1, 0.15) is 17.1 Å². The Labute approximate surface area is 166 Å². The Hall–Kier alpha value is -2.93. The van der Waals surface area contributed by atoms with E-state index in [4.69, 9.17) is 9.40 Å². The van der Waals surface area contributed by atoms with Gasteiger partial charge in [0.2, 0.25) is 11.0 Å². The monoisotopic (exact) mass is 392 g/mol. The molecule has 28 heavy (non-hydrogen) atoms. The van der Waals surface area contributed by atoms with E-state index in [1.54, 1.807) is 4.68 Å². The third-order valence-electron chi connectivity index (χ3n) is 5.16. The Morgan fingerprint density at radius 3 is 2.89 bits per heavy atom. The Morgan fingerprint density at radius 2 is 2.07 bits per heavy atom. The molecule has 0 spiro atoms. The minimum Gasteiger partial charge on any atom is -0.454 e. The number of nitrogens with zero attached hydrogens (tertiary/aromatic N) is 3. The van der Waals surface area contributed by atoms with Crippen molar-refractivity contribution in [3.63, 3.8) is 0 Å². The number of fused-ring (bicyclic) bond motifs is 1. The Morgan fingerprint density at radius 1 is 1.25 bits per heavy atom. The number of furan rings is 1. The number of aromatic nitrogens is 3. The third kappa shape index (κ3) is 3.11. The number of para-hydroxylation sites is 1. The molecule has 1 aromatic carbocycles. The zero-order valence-electron chi connectivity index (χ0n) is 15.5. The largest absolute Gasteiger partial charge is 0.454 e. The molecule has 1 N–H and O–H groups in total. The molecular formula is C21H20N4O2S. The molecule has 1 fully saturated rings. The highest BCUT2D eigenvalue weighted by Gasteiger charge is 2.24. The van der Waals surface area contributed by atoms with Crippen molar-refractivity contribution < 1.29 is 9.21 Å². The van der Waals surface area contributed by atoms with Crippen LogP contribution in [0.25, 0.3) is 27.6 Å². The lowest BCUT2D eigenvalue weighted by Crippen LogP contribution is -2.22. The highest BCUT2D eigenvalue weighted by Crippen LogP contribution is 2.31. The van der Waals surface area contributed by atoms with Gasteiger partial charge in [-0.15, -0.1) is 11.3 Å². The summed E-state index contributed by atoms with van der Waals surface area (Å²) in [5.74, 6) is 1.57. The topological polar surface area (TPSA) is 73.0 Å². The molecule has 0 radical (unpaired) electrons. The van der Waals surface area contributed by atoms with E-state index in [9.17, 15) is 4.79 Å². The SMILES string of the molecule is Cc1cc(NC(=O)C2CCCC2)n(-c2nc(-c3cc4ccccc4o3)cs2)n1. The number of amides is 1. The summed E-state index contributed by atoms with van der Waals surface area (Å²) < 4.78 is 7.62. The van der Waals surface area contributed by atoms with E-state index in [1.807, 2.05) is 48.7 Å². The van der Waals surface area contributed by atoms with E-state index in [2.05, 4.69) is 10.4 Å². The van der Waals surface area contributed by atoms with Gasteiger partial charge in [-0.1, -0.05) is 31.0 Å². The summed E-state index contributed by atoms with van der Waals surface area (Å²) in [5, 5.41) is 11.3. The summed E-state index contributed by atoms with van der Waals surface area (Å²) in [7, 11) is 0. The molecule has 6 nitrogen and oxygen atoms in total. The fraction of sp³-hybridized carbons (Fsp3) is 0.286. The van der Waals surface area contributed by atoms with E-state index in [1.165, 1.54) is 11.3 Å². The summed E-state index contributed by atoms with van der Waals surface area (Å²) in [4.78, 5) is 17.2. The minimum atomic E-state index is 0.0766. The van der Waals surface area contributed by atoms with Gasteiger partial charge in [-0.3, -0.25) is 4.79 Å². The number of hydrogen-bond acceptors (Lipinski definition) is 5. The number of benzene rings is 1. The molecular weight excluding hydrogens is 372 g/mol. The summed E-state index contributed by atoms with van der Waals surface area (Å²) in [6.07, 6.45) is 4.19. The third-order valence-corrected chi connectivity index (χ3v) is 5.98. The van der Waals surface area contributed by atoms with Gasteiger partial charge >= 0.3 is 0 Å². The van der Waals surface area contributed by atoms with Gasteiger partial charge in [0.15, 0.2) is 5.76 Å². The van der Waals surface area contributed by atoms with Gasteiger partial charge in [0.25, 0.3) is 0 Å². The van der Waals surface area contributed by atoms with Gasteiger partial charge in [0, 0.05) is 22.8 Å². The van der Waals surface area contributed by atoms with Crippen LogP contribution in [0, 0.1) is 12.8 Å². The average Bonchev–Trinajstić information content (AvgIpc) is 3.47. The summed E-state index contributed by atoms with van der Waals surface area (Å²) in [6.45, 7) is 1.91. The second kappa shape index (κ2) is 6.91. The first-order valence-electron chi connectivity index (χ1n) is 9.50. The van der Waals surface area contributed by atoms with E-state index < -0.39 is 0 Å². The molecule has 1 aliphatic rings. The number of carbonyl (C=O) groups is 1. The number of aryl methyl sites for hydroxylation is 1. The number of anilines is 1. The molecule has 7 heteroatoms. The molecule has 0 bridgehead atoms. The zero-order valence-corrected chi connectivity index (χ0v) is 16.3. The molecule has 5 rings (SSSR count). The summed E-state index contributed by atoms with van der Waals surface area (Å²) >= 11 is 1.47. The van der Waals surface area contributed by atoms with Crippen LogP contribution in [0.1, 0.15) is 31.4 Å². The van der Waals surface area contributed by atoms with Gasteiger partial charge < -0.3 is 9.73 Å². The molecule has 3 heterocycles. The minimum absolute atomic E-state index is 0.0766. The normalized spacial score (nSPS) is 14.8. The number of hydrogen-bond donors (Lipinski definition) is 1. The molecule has 0 atom stereocenters. The van der Waals surface area contributed by atoms with Gasteiger partial charge in [-0.05, 0) is 31.9 Å². The van der Waals surface area contributed by atoms with Crippen molar-refractivity contribution in [3.05, 3.63) is 47.5 Å². The van der Waals surface area contributed by atoms with E-state index in [0.29, 0.717) is 10.9 Å². The molecule has 1 amide bonds. The van der Waals surface area contributed by atoms with Crippen molar-refractivity contribution in [2.24, 2.45) is 5.92 Å². The van der Waals surface area contributed by atoms with Gasteiger partial charge in [-0.2, -0.15) is 9.78 Å². The van der Waals surface area contributed by atoms with Crippen molar-refractivity contribution in [2.45, 2.75) is 32.6 Å². The number of thiazole rings is 1. The molecule has 1 aliphatic carbocycles. The van der Waals surface area contributed by atoms with Crippen LogP contribution in [-0.4, -0.2) is 20.7 Å². The van der Waals surface area contributed by atoms with Crippen LogP contribution < -0.4 is 5.32 Å². The first-order valence-corrected chi connectivity index (χ1v) is 10.4. The standard InChI is InChI=1S/C21H20N4O2S/c1-13-10-19(23-20(26)14-6-2-3-7-14)25(24-13)21-22-16(12-28-21)18-11-15-8-4-5-9-17(15)27-18/h4-5,8-12,14H,2-3,6-7H2,1H3,(H,23,26). The maximum atomic E-state index is 12.5. The Balaban J connectivity index is 1.44. The second-order valence-electron chi connectivity index (χ2n) is 7.22. The van der Waals surface area contributed by atoms with Crippen molar-refractivity contribution in [2.75, 3.05) is 5.32 Å². The van der Waals surface area contributed by atoms with Crippen LogP contribution in [0.5, 0.6) is 0 Å². The fourth-order valence-electron chi connectivity index (χ4n) is 3.73. The lowest BCUT2D eigenvalue weighted by Gasteiger charge is -2.10. The molecule has 1 saturated carbocycles. The maximum Gasteiger partial charge on any atom is 0.228 e. The van der Waals surface area contributed by atoms with Crippen LogP contribution in [0.15, 0.2) is 46.2 Å². The number of carbonyl (C=O) groups excluding carboxylic acids is 1. The Bertz CT molecular complexity index is 1120. The van der Waals surface area contributed by atoms with Crippen molar-refractivity contribution in [1.82, 2.24) is 14.8 Å². The first-order chi connectivity index (χ1) is 13.7. The highest BCUT2D eigenvalue weighted by atomic mass is 32.1. The lowest BCUT2D eigenvalue weighted by atomic mass is 10.1. The Kier molecular flexibility index (Phi) is 4.24. The maximum absolute atomic E-state index is 12.5. The number of nitrogens with one attached hydrogen (secondary N) is 1. The number of rotatable bonds is 4. The van der Waals surface area contributed by atoms with Gasteiger partial charge in [-0.25, -0.2) is 4.98 Å². The molecule has 4 aromatic rings. The molecule has 0 aliphatic heterocycles. The molecule has 0 saturated heterocycles. The first kappa shape index (κ1) is 17.2. The highest BCUT2D eigenvalue weighted by molar-refractivity contribution is 7.12. The average molecular weight is 392 g/mol. The smallest absolute Gasteiger partial charge is 0.228 e. The van der Waals surface area contributed by atoms with Crippen LogP contribution in [0.3, 0.4) is 0 Å². The summed E-state index contributed by atoms with van der Waals surface area (Å²) in [6, 6.07) is 11.8. The van der Waals surface area contributed by atoms with E-state index >= 15 is 0 Å². The molecule has 0 unspecified atom stereocenters. The van der Waals surface area contributed by atoms with Crippen LogP contribution in [-0.2, 0) is 4.79 Å². The van der Waals surface area contributed by atoms with Crippen molar-refractivity contribution in [3.8, 4) is 16.6 Å². The van der Waals surface area contributed by atoms with Crippen molar-refractivity contribution in [1.29, 1.82) is 0 Å². The molecule has 3 aromatic heterocycles. The fourth-order valence-corrected chi connectivity index (χ4v) is 4.51. The quantitative estimate of drug-likeness (QED) is 0.519. The van der Waals surface area contributed by atoms with Gasteiger partial charge in [0.05, 0.1) is 5.69 Å². The zero-order chi connectivity index (χ0) is 19.1.